The van der Waals surface area contributed by atoms with Crippen molar-refractivity contribution in [1.82, 2.24) is 25.2 Å². The number of nitrogens with zero attached hydrogens (tertiary/aromatic N) is 4. The maximum absolute atomic E-state index is 12.4. The fourth-order valence-electron chi connectivity index (χ4n) is 3.09. The lowest BCUT2D eigenvalue weighted by Gasteiger charge is -2.09. The summed E-state index contributed by atoms with van der Waals surface area (Å²) in [5.74, 6) is 1.43. The summed E-state index contributed by atoms with van der Waals surface area (Å²) in [7, 11) is 1.60. The predicted molar refractivity (Wildman–Crippen MR) is 117 cm³/mol. The van der Waals surface area contributed by atoms with Gasteiger partial charge in [0.25, 0.3) is 11.5 Å². The lowest BCUT2D eigenvalue weighted by molar-refractivity contribution is 0.0951. The summed E-state index contributed by atoms with van der Waals surface area (Å²) in [6.07, 6.45) is 0. The first-order chi connectivity index (χ1) is 15.5. The second kappa shape index (κ2) is 9.25. The van der Waals surface area contributed by atoms with E-state index in [1.165, 1.54) is 10.7 Å². The van der Waals surface area contributed by atoms with E-state index in [-0.39, 0.29) is 24.6 Å². The lowest BCUT2D eigenvalue weighted by Crippen LogP contribution is -2.31. The van der Waals surface area contributed by atoms with Crippen molar-refractivity contribution < 1.29 is 14.1 Å². The van der Waals surface area contributed by atoms with Crippen LogP contribution in [-0.2, 0) is 6.54 Å². The number of amides is 1. The van der Waals surface area contributed by atoms with Gasteiger partial charge in [0.1, 0.15) is 5.75 Å². The first kappa shape index (κ1) is 21.0. The molecule has 0 saturated carbocycles. The molecular formula is C23H21N5O4. The number of methoxy groups -OCH3 is 1. The molecule has 4 rings (SSSR count). The molecule has 0 fully saturated rings. The number of benzene rings is 2. The maximum Gasteiger partial charge on any atom is 0.266 e. The number of aryl methyl sites for hydroxylation is 1. The molecule has 9 heteroatoms. The Labute approximate surface area is 183 Å². The van der Waals surface area contributed by atoms with Gasteiger partial charge in [-0.25, -0.2) is 4.68 Å². The van der Waals surface area contributed by atoms with E-state index in [9.17, 15) is 9.59 Å². The Bertz CT molecular complexity index is 1280. The van der Waals surface area contributed by atoms with Crippen LogP contribution in [0.4, 0.5) is 0 Å². The van der Waals surface area contributed by atoms with Crippen LogP contribution in [0, 0.1) is 6.92 Å². The van der Waals surface area contributed by atoms with Crippen molar-refractivity contribution in [3.63, 3.8) is 0 Å². The number of ether oxygens (including phenoxy) is 1. The van der Waals surface area contributed by atoms with Gasteiger partial charge in [-0.1, -0.05) is 17.3 Å². The van der Waals surface area contributed by atoms with E-state index in [1.807, 2.05) is 24.3 Å². The smallest absolute Gasteiger partial charge is 0.266 e. The van der Waals surface area contributed by atoms with Gasteiger partial charge in [-0.2, -0.15) is 10.1 Å². The molecule has 2 heterocycles. The average molecular weight is 431 g/mol. The third-order valence-electron chi connectivity index (χ3n) is 4.79. The van der Waals surface area contributed by atoms with E-state index >= 15 is 0 Å². The zero-order valence-corrected chi connectivity index (χ0v) is 17.6. The quantitative estimate of drug-likeness (QED) is 0.479. The van der Waals surface area contributed by atoms with Crippen molar-refractivity contribution in [2.75, 3.05) is 13.7 Å². The van der Waals surface area contributed by atoms with Crippen molar-refractivity contribution in [3.05, 3.63) is 82.5 Å². The minimum Gasteiger partial charge on any atom is -0.497 e. The van der Waals surface area contributed by atoms with Gasteiger partial charge in [-0.05, 0) is 42.5 Å². The van der Waals surface area contributed by atoms with E-state index in [4.69, 9.17) is 9.26 Å². The van der Waals surface area contributed by atoms with E-state index in [2.05, 4.69) is 20.6 Å². The zero-order chi connectivity index (χ0) is 22.5. The van der Waals surface area contributed by atoms with Crippen molar-refractivity contribution in [1.29, 1.82) is 0 Å². The number of aromatic nitrogens is 4. The highest BCUT2D eigenvalue weighted by atomic mass is 16.5. The van der Waals surface area contributed by atoms with Crippen LogP contribution in [-0.4, -0.2) is 39.5 Å². The van der Waals surface area contributed by atoms with Crippen LogP contribution in [0.5, 0.6) is 5.75 Å². The standard InChI is InChI=1S/C23H21N5O4/c1-15-25-22(27-32-15)17-3-5-18(6-4-17)23(30)24-13-14-28-21(29)12-11-20(26-28)16-7-9-19(31-2)10-8-16/h3-12H,13-14H2,1-2H3,(H,24,30). The molecule has 32 heavy (non-hydrogen) atoms. The molecule has 4 aromatic rings. The normalized spacial score (nSPS) is 10.7. The van der Waals surface area contributed by atoms with Crippen molar-refractivity contribution >= 4 is 5.91 Å². The van der Waals surface area contributed by atoms with Gasteiger partial charge in [-0.15, -0.1) is 0 Å². The summed E-state index contributed by atoms with van der Waals surface area (Å²) in [4.78, 5) is 28.8. The molecule has 162 valence electrons. The number of rotatable bonds is 7. The summed E-state index contributed by atoms with van der Waals surface area (Å²) in [5, 5.41) is 11.1. The van der Waals surface area contributed by atoms with Gasteiger partial charge in [0.05, 0.1) is 19.3 Å². The van der Waals surface area contributed by atoms with Crippen LogP contribution in [0.3, 0.4) is 0 Å². The molecule has 0 bridgehead atoms. The van der Waals surface area contributed by atoms with E-state index < -0.39 is 0 Å². The monoisotopic (exact) mass is 431 g/mol. The third-order valence-corrected chi connectivity index (χ3v) is 4.79. The highest BCUT2D eigenvalue weighted by molar-refractivity contribution is 5.94. The third kappa shape index (κ3) is 4.72. The Morgan fingerprint density at radius 1 is 1.03 bits per heavy atom. The fraction of sp³-hybridized carbons (Fsp3) is 0.174. The van der Waals surface area contributed by atoms with E-state index in [0.717, 1.165) is 16.9 Å². The predicted octanol–water partition coefficient (Wildman–Crippen LogP) is 2.71. The molecule has 1 amide bonds. The SMILES string of the molecule is COc1ccc(-c2ccc(=O)n(CCNC(=O)c3ccc(-c4noc(C)n4)cc3)n2)cc1. The number of hydrogen-bond acceptors (Lipinski definition) is 7. The van der Waals surface area contributed by atoms with Crippen LogP contribution >= 0.6 is 0 Å². The van der Waals surface area contributed by atoms with Crippen LogP contribution in [0.1, 0.15) is 16.2 Å². The summed E-state index contributed by atoms with van der Waals surface area (Å²) < 4.78 is 11.5. The molecule has 0 radical (unpaired) electrons. The van der Waals surface area contributed by atoms with Crippen molar-refractivity contribution in [2.45, 2.75) is 13.5 Å². The Hall–Kier alpha value is -4.27. The van der Waals surface area contributed by atoms with Gasteiger partial charge in [0, 0.05) is 36.2 Å². The summed E-state index contributed by atoms with van der Waals surface area (Å²) >= 11 is 0. The molecule has 0 aliphatic heterocycles. The summed E-state index contributed by atoms with van der Waals surface area (Å²) in [6, 6.07) is 17.4. The Kier molecular flexibility index (Phi) is 6.07. The second-order valence-electron chi connectivity index (χ2n) is 6.98. The highest BCUT2D eigenvalue weighted by Gasteiger charge is 2.10. The molecule has 0 atom stereocenters. The Morgan fingerprint density at radius 3 is 2.41 bits per heavy atom. The molecule has 2 aromatic carbocycles. The molecule has 1 N–H and O–H groups in total. The maximum atomic E-state index is 12.4. The van der Waals surface area contributed by atoms with Gasteiger partial charge in [0.15, 0.2) is 0 Å². The van der Waals surface area contributed by atoms with Gasteiger partial charge in [-0.3, -0.25) is 9.59 Å². The number of hydrogen-bond donors (Lipinski definition) is 1. The lowest BCUT2D eigenvalue weighted by atomic mass is 10.1. The van der Waals surface area contributed by atoms with Crippen molar-refractivity contribution in [2.24, 2.45) is 0 Å². The second-order valence-corrected chi connectivity index (χ2v) is 6.98. The minimum absolute atomic E-state index is 0.240. The number of carbonyl (C=O) groups excluding carboxylic acids is 1. The largest absolute Gasteiger partial charge is 0.497 e. The van der Waals surface area contributed by atoms with Crippen molar-refractivity contribution in [3.8, 4) is 28.4 Å². The fourth-order valence-corrected chi connectivity index (χ4v) is 3.09. The van der Waals surface area contributed by atoms with Crippen LogP contribution in [0.2, 0.25) is 0 Å². The number of carbonyl (C=O) groups is 1. The van der Waals surface area contributed by atoms with Gasteiger partial charge in [0.2, 0.25) is 11.7 Å². The zero-order valence-electron chi connectivity index (χ0n) is 17.6. The molecule has 0 saturated heterocycles. The summed E-state index contributed by atoms with van der Waals surface area (Å²) in [5.41, 5.74) is 2.52. The van der Waals surface area contributed by atoms with Gasteiger partial charge >= 0.3 is 0 Å². The molecule has 0 aliphatic rings. The number of nitrogens with one attached hydrogen (secondary N) is 1. The molecular weight excluding hydrogens is 410 g/mol. The molecule has 2 aromatic heterocycles. The van der Waals surface area contributed by atoms with E-state index in [0.29, 0.717) is 23.0 Å². The van der Waals surface area contributed by atoms with Crippen LogP contribution in [0.25, 0.3) is 22.6 Å². The van der Waals surface area contributed by atoms with E-state index in [1.54, 1.807) is 44.4 Å². The molecule has 0 spiro atoms. The molecule has 0 unspecified atom stereocenters. The summed E-state index contributed by atoms with van der Waals surface area (Å²) in [6.45, 7) is 2.21. The molecule has 0 aliphatic carbocycles. The topological polar surface area (TPSA) is 112 Å². The first-order valence-corrected chi connectivity index (χ1v) is 9.95. The molecule has 9 nitrogen and oxygen atoms in total. The Morgan fingerprint density at radius 2 is 1.75 bits per heavy atom. The average Bonchev–Trinajstić information content (AvgIpc) is 3.26. The van der Waals surface area contributed by atoms with Crippen LogP contribution in [0.15, 0.2) is 70.0 Å². The van der Waals surface area contributed by atoms with Gasteiger partial charge < -0.3 is 14.6 Å². The highest BCUT2D eigenvalue weighted by Crippen LogP contribution is 2.19. The first-order valence-electron chi connectivity index (χ1n) is 9.95. The minimum atomic E-state index is -0.250. The Balaban J connectivity index is 1.38. The van der Waals surface area contributed by atoms with Crippen LogP contribution < -0.4 is 15.6 Å².